The van der Waals surface area contributed by atoms with E-state index < -0.39 is 10.1 Å². The molecule has 3 aromatic rings. The molecule has 1 amide bonds. The van der Waals surface area contributed by atoms with Gasteiger partial charge in [0.25, 0.3) is 5.91 Å². The first kappa shape index (κ1) is 20.8. The maximum atomic E-state index is 12.2. The molecule has 0 saturated carbocycles. The quantitative estimate of drug-likeness (QED) is 0.585. The fourth-order valence-electron chi connectivity index (χ4n) is 2.95. The average molecular weight is 412 g/mol. The first-order valence-corrected chi connectivity index (χ1v) is 10.7. The van der Waals surface area contributed by atoms with Crippen LogP contribution < -0.4 is 10.1 Å². The minimum Gasteiger partial charge on any atom is -0.744 e. The predicted octanol–water partition coefficient (Wildman–Crippen LogP) is 4.27. The van der Waals surface area contributed by atoms with Crippen LogP contribution in [0.15, 0.2) is 65.6 Å². The third kappa shape index (κ3) is 5.34. The molecule has 29 heavy (non-hydrogen) atoms. The second kappa shape index (κ2) is 8.63. The number of anilines is 1. The normalized spacial score (nSPS) is 12.5. The Labute approximate surface area is 170 Å². The molecular formula is C22H22NO5S-. The van der Waals surface area contributed by atoms with E-state index in [2.05, 4.69) is 19.2 Å². The minimum absolute atomic E-state index is 0.156. The Morgan fingerprint density at radius 3 is 2.55 bits per heavy atom. The van der Waals surface area contributed by atoms with Crippen molar-refractivity contribution in [2.75, 3.05) is 11.9 Å². The van der Waals surface area contributed by atoms with E-state index >= 15 is 0 Å². The summed E-state index contributed by atoms with van der Waals surface area (Å²) >= 11 is 0. The molecule has 0 aromatic heterocycles. The molecule has 0 spiro atoms. The summed E-state index contributed by atoms with van der Waals surface area (Å²) in [7, 11) is -4.54. The maximum absolute atomic E-state index is 12.2. The number of rotatable bonds is 7. The lowest BCUT2D eigenvalue weighted by Gasteiger charge is -2.12. The first-order chi connectivity index (χ1) is 13.8. The van der Waals surface area contributed by atoms with Crippen LogP contribution in [0, 0.1) is 0 Å². The Hall–Kier alpha value is -2.90. The van der Waals surface area contributed by atoms with Gasteiger partial charge in [0, 0.05) is 5.69 Å². The lowest BCUT2D eigenvalue weighted by molar-refractivity contribution is -0.118. The largest absolute Gasteiger partial charge is 0.744 e. The molecule has 3 rings (SSSR count). The molecule has 1 unspecified atom stereocenters. The van der Waals surface area contributed by atoms with Crippen molar-refractivity contribution in [2.45, 2.75) is 31.1 Å². The van der Waals surface area contributed by atoms with E-state index in [4.69, 9.17) is 4.74 Å². The number of benzene rings is 3. The Bertz CT molecular complexity index is 1140. The summed E-state index contributed by atoms with van der Waals surface area (Å²) in [6.07, 6.45) is 1.02. The third-order valence-corrected chi connectivity index (χ3v) is 5.62. The molecule has 1 atom stereocenters. The molecular weight excluding hydrogens is 390 g/mol. The second-order valence-electron chi connectivity index (χ2n) is 6.90. The molecule has 1 N–H and O–H groups in total. The lowest BCUT2D eigenvalue weighted by Crippen LogP contribution is -2.20. The van der Waals surface area contributed by atoms with Gasteiger partial charge in [-0.05, 0) is 65.1 Å². The van der Waals surface area contributed by atoms with E-state index in [1.54, 1.807) is 30.3 Å². The molecule has 0 aliphatic rings. The van der Waals surface area contributed by atoms with Crippen LogP contribution in [0.5, 0.6) is 5.75 Å². The number of carbonyl (C=O) groups excluding carboxylic acids is 1. The van der Waals surface area contributed by atoms with Gasteiger partial charge in [-0.3, -0.25) is 4.79 Å². The minimum atomic E-state index is -4.54. The third-order valence-electron chi connectivity index (χ3n) is 4.79. The molecule has 0 heterocycles. The zero-order chi connectivity index (χ0) is 21.0. The van der Waals surface area contributed by atoms with Crippen molar-refractivity contribution in [3.8, 4) is 5.75 Å². The molecule has 0 aliphatic carbocycles. The highest BCUT2D eigenvalue weighted by Crippen LogP contribution is 2.24. The van der Waals surface area contributed by atoms with Gasteiger partial charge >= 0.3 is 0 Å². The van der Waals surface area contributed by atoms with E-state index in [0.29, 0.717) is 22.7 Å². The van der Waals surface area contributed by atoms with Crippen LogP contribution in [0.1, 0.15) is 31.7 Å². The number of hydrogen-bond donors (Lipinski definition) is 1. The zero-order valence-corrected chi connectivity index (χ0v) is 17.0. The molecule has 0 bridgehead atoms. The van der Waals surface area contributed by atoms with Gasteiger partial charge in [-0.1, -0.05) is 38.1 Å². The van der Waals surface area contributed by atoms with E-state index in [1.807, 2.05) is 18.2 Å². The van der Waals surface area contributed by atoms with Crippen molar-refractivity contribution in [1.82, 2.24) is 0 Å². The molecule has 3 aromatic carbocycles. The lowest BCUT2D eigenvalue weighted by atomic mass is 9.99. The Kier molecular flexibility index (Phi) is 6.20. The fraction of sp³-hybridized carbons (Fsp3) is 0.227. The van der Waals surface area contributed by atoms with Gasteiger partial charge in [0.2, 0.25) is 0 Å². The Morgan fingerprint density at radius 1 is 1.07 bits per heavy atom. The number of hydrogen-bond acceptors (Lipinski definition) is 5. The molecule has 0 fully saturated rings. The molecule has 0 aliphatic heterocycles. The molecule has 152 valence electrons. The Balaban J connectivity index is 1.68. The first-order valence-electron chi connectivity index (χ1n) is 9.28. The van der Waals surface area contributed by atoms with E-state index in [-0.39, 0.29) is 17.4 Å². The van der Waals surface area contributed by atoms with Crippen molar-refractivity contribution < 1.29 is 22.5 Å². The monoisotopic (exact) mass is 412 g/mol. The van der Waals surface area contributed by atoms with Crippen molar-refractivity contribution in [1.29, 1.82) is 0 Å². The smallest absolute Gasteiger partial charge is 0.262 e. The number of carbonyl (C=O) groups is 1. The predicted molar refractivity (Wildman–Crippen MR) is 111 cm³/mol. The summed E-state index contributed by atoms with van der Waals surface area (Å²) in [5.74, 6) is 0.695. The highest BCUT2D eigenvalue weighted by Gasteiger charge is 2.08. The van der Waals surface area contributed by atoms with Crippen LogP contribution >= 0.6 is 0 Å². The molecule has 7 heteroatoms. The number of fused-ring (bicyclic) bond motifs is 1. The van der Waals surface area contributed by atoms with Gasteiger partial charge in [-0.2, -0.15) is 0 Å². The van der Waals surface area contributed by atoms with Crippen LogP contribution in [0.3, 0.4) is 0 Å². The van der Waals surface area contributed by atoms with Crippen LogP contribution in [-0.4, -0.2) is 25.5 Å². The van der Waals surface area contributed by atoms with E-state index in [0.717, 1.165) is 17.4 Å². The summed E-state index contributed by atoms with van der Waals surface area (Å²) in [4.78, 5) is 11.9. The van der Waals surface area contributed by atoms with Crippen molar-refractivity contribution in [3.63, 3.8) is 0 Å². The molecule has 0 radical (unpaired) electrons. The van der Waals surface area contributed by atoms with Gasteiger partial charge in [0.1, 0.15) is 15.9 Å². The van der Waals surface area contributed by atoms with E-state index in [1.165, 1.54) is 12.1 Å². The highest BCUT2D eigenvalue weighted by atomic mass is 32.2. The van der Waals surface area contributed by atoms with Gasteiger partial charge in [-0.25, -0.2) is 8.42 Å². The number of amides is 1. The second-order valence-corrected chi connectivity index (χ2v) is 8.28. The van der Waals surface area contributed by atoms with Crippen LogP contribution in [0.2, 0.25) is 0 Å². The summed E-state index contributed by atoms with van der Waals surface area (Å²) in [6, 6.07) is 16.9. The van der Waals surface area contributed by atoms with Gasteiger partial charge in [0.15, 0.2) is 6.61 Å². The zero-order valence-electron chi connectivity index (χ0n) is 16.2. The summed E-state index contributed by atoms with van der Waals surface area (Å²) in [6.45, 7) is 4.09. The standard InChI is InChI=1S/C22H23NO5S/c1-3-15(2)17-5-4-6-20(12-17)28-14-22(24)23-19-9-7-16-8-10-21(29(25,26)27)13-18(16)11-19/h4-13,15H,3,14H2,1-2H3,(H,23,24)(H,25,26,27)/p-1. The van der Waals surface area contributed by atoms with E-state index in [9.17, 15) is 17.8 Å². The summed E-state index contributed by atoms with van der Waals surface area (Å²) in [5.41, 5.74) is 1.64. The van der Waals surface area contributed by atoms with Crippen molar-refractivity contribution >= 4 is 32.5 Å². The number of ether oxygens (including phenoxy) is 1. The Morgan fingerprint density at radius 2 is 1.83 bits per heavy atom. The SMILES string of the molecule is CCC(C)c1cccc(OCC(=O)Nc2ccc3ccc(S(=O)(=O)[O-])cc3c2)c1. The molecule has 6 nitrogen and oxygen atoms in total. The fourth-order valence-corrected chi connectivity index (χ4v) is 3.46. The summed E-state index contributed by atoms with van der Waals surface area (Å²) in [5, 5.41) is 4.02. The van der Waals surface area contributed by atoms with Crippen molar-refractivity contribution in [2.24, 2.45) is 0 Å². The van der Waals surface area contributed by atoms with Crippen LogP contribution in [0.4, 0.5) is 5.69 Å². The highest BCUT2D eigenvalue weighted by molar-refractivity contribution is 7.85. The van der Waals surface area contributed by atoms with Crippen LogP contribution in [-0.2, 0) is 14.9 Å². The molecule has 0 saturated heterocycles. The number of nitrogens with one attached hydrogen (secondary N) is 1. The topological polar surface area (TPSA) is 95.5 Å². The van der Waals surface area contributed by atoms with Gasteiger partial charge in [-0.15, -0.1) is 0 Å². The summed E-state index contributed by atoms with van der Waals surface area (Å²) < 4.78 is 39.2. The van der Waals surface area contributed by atoms with Gasteiger partial charge in [0.05, 0.1) is 4.90 Å². The average Bonchev–Trinajstić information content (AvgIpc) is 2.70. The van der Waals surface area contributed by atoms with Crippen LogP contribution in [0.25, 0.3) is 10.8 Å². The maximum Gasteiger partial charge on any atom is 0.262 e. The van der Waals surface area contributed by atoms with Gasteiger partial charge < -0.3 is 14.6 Å². The van der Waals surface area contributed by atoms with Crippen molar-refractivity contribution in [3.05, 3.63) is 66.2 Å².